The van der Waals surface area contributed by atoms with Crippen LogP contribution < -0.4 is 0 Å². The number of carbonyl (C=O) groups excluding carboxylic acids is 4. The predicted molar refractivity (Wildman–Crippen MR) is 323 cm³/mol. The van der Waals surface area contributed by atoms with Crippen molar-refractivity contribution in [3.05, 3.63) is 211 Å². The van der Waals surface area contributed by atoms with Crippen LogP contribution in [-0.2, 0) is 12.8 Å². The smallest absolute Gasteiger partial charge is 0.171 e. The number of benzene rings is 2. The van der Waals surface area contributed by atoms with Crippen molar-refractivity contribution in [2.24, 2.45) is 23.7 Å². The molecule has 0 aliphatic heterocycles. The lowest BCUT2D eigenvalue weighted by Gasteiger charge is -2.30. The Morgan fingerprint density at radius 1 is 0.342 bits per heavy atom. The van der Waals surface area contributed by atoms with Gasteiger partial charge in [0.1, 0.15) is 0 Å². The predicted octanol–water partition coefficient (Wildman–Crippen LogP) is 19.8. The molecule has 76 heavy (non-hydrogen) atoms. The minimum atomic E-state index is -0.370. The van der Waals surface area contributed by atoms with E-state index < -0.39 is 0 Å². The summed E-state index contributed by atoms with van der Waals surface area (Å²) in [5.41, 5.74) is 18.0. The van der Waals surface area contributed by atoms with Gasteiger partial charge in [0.25, 0.3) is 0 Å². The van der Waals surface area contributed by atoms with E-state index in [1.54, 1.807) is 0 Å². The minimum Gasteiger partial charge on any atom is -0.293 e. The Kier molecular flexibility index (Phi) is 24.6. The Bertz CT molecular complexity index is 2790. The summed E-state index contributed by atoms with van der Waals surface area (Å²) >= 11 is 0. The van der Waals surface area contributed by atoms with Gasteiger partial charge in [0.2, 0.25) is 0 Å². The summed E-state index contributed by atoms with van der Waals surface area (Å²) in [4.78, 5) is 53.6. The molecule has 0 saturated heterocycles. The summed E-state index contributed by atoms with van der Waals surface area (Å²) in [6.45, 7) is 25.9. The number of ketones is 4. The summed E-state index contributed by atoms with van der Waals surface area (Å²) in [7, 11) is 0. The summed E-state index contributed by atoms with van der Waals surface area (Å²) in [6.07, 6.45) is 46.6. The number of aryl methyl sites for hydroxylation is 2. The number of rotatable bonds is 24. The van der Waals surface area contributed by atoms with Crippen LogP contribution in [0.3, 0.4) is 0 Å². The van der Waals surface area contributed by atoms with Crippen molar-refractivity contribution in [2.75, 3.05) is 0 Å². The van der Waals surface area contributed by atoms with Gasteiger partial charge < -0.3 is 0 Å². The molecule has 4 aliphatic rings. The quantitative estimate of drug-likeness (QED) is 0.0983. The average Bonchev–Trinajstić information content (AvgIpc) is 3.37. The van der Waals surface area contributed by atoms with Crippen LogP contribution in [0.15, 0.2) is 177 Å². The molecule has 0 radical (unpaired) electrons. The molecule has 0 heterocycles. The SMILES string of the molecule is CC(C)=CCC/C(C)=C/CCC1=CC2C(=O)c3cc(CC/C=C(\C)CCC=C(C)C)ccc3C(=O)C2C=C1.CC(C)=CCC/C(C)=C/CCC1=CC2C(=O)c3ccc(CC/C=C(\C)CCC=C(C)C)cc3C(=O)C2C=C1. The first-order chi connectivity index (χ1) is 36.3. The van der Waals surface area contributed by atoms with Crippen LogP contribution in [0.4, 0.5) is 0 Å². The van der Waals surface area contributed by atoms with Crippen molar-refractivity contribution in [3.8, 4) is 0 Å². The molecule has 4 heteroatoms. The molecule has 4 nitrogen and oxygen atoms in total. The first-order valence-corrected chi connectivity index (χ1v) is 28.7. The molecular weight excluding hydrogens is 929 g/mol. The highest BCUT2D eigenvalue weighted by atomic mass is 16.1. The maximum absolute atomic E-state index is 13.5. The number of Topliss-reactive ketones (excluding diaryl/α,β-unsaturated/α-hetero) is 4. The van der Waals surface area contributed by atoms with E-state index in [0.717, 1.165) is 125 Å². The van der Waals surface area contributed by atoms with Crippen molar-refractivity contribution in [1.29, 1.82) is 0 Å². The van der Waals surface area contributed by atoms with Crippen LogP contribution >= 0.6 is 0 Å². The second-order valence-electron chi connectivity index (χ2n) is 23.2. The van der Waals surface area contributed by atoms with E-state index in [1.807, 2.05) is 48.6 Å². The van der Waals surface area contributed by atoms with Gasteiger partial charge in [0.15, 0.2) is 23.1 Å². The van der Waals surface area contributed by atoms with E-state index in [-0.39, 0.29) is 46.8 Å². The minimum absolute atomic E-state index is 0.0766. The maximum Gasteiger partial charge on any atom is 0.171 e. The highest BCUT2D eigenvalue weighted by Gasteiger charge is 2.41. The van der Waals surface area contributed by atoms with E-state index >= 15 is 0 Å². The Hall–Kier alpha value is -6.00. The van der Waals surface area contributed by atoms with Crippen LogP contribution in [0.25, 0.3) is 0 Å². The van der Waals surface area contributed by atoms with Gasteiger partial charge in [0, 0.05) is 22.3 Å². The molecule has 0 spiro atoms. The molecule has 0 saturated carbocycles. The van der Waals surface area contributed by atoms with Crippen LogP contribution in [0.2, 0.25) is 0 Å². The monoisotopic (exact) mass is 1020 g/mol. The molecule has 2 aromatic carbocycles. The van der Waals surface area contributed by atoms with Crippen molar-refractivity contribution in [2.45, 2.75) is 186 Å². The maximum atomic E-state index is 13.5. The molecule has 6 rings (SSSR count). The molecule has 404 valence electrons. The van der Waals surface area contributed by atoms with Gasteiger partial charge in [-0.3, -0.25) is 19.2 Å². The van der Waals surface area contributed by atoms with E-state index in [0.29, 0.717) is 22.3 Å². The lowest BCUT2D eigenvalue weighted by Crippen LogP contribution is -2.35. The number of hydrogen-bond donors (Lipinski definition) is 0. The zero-order chi connectivity index (χ0) is 55.3. The molecule has 0 amide bonds. The first-order valence-electron chi connectivity index (χ1n) is 28.7. The molecule has 4 atom stereocenters. The van der Waals surface area contributed by atoms with Crippen molar-refractivity contribution < 1.29 is 19.2 Å². The molecular formula is C72H92O4. The molecule has 4 unspecified atom stereocenters. The zero-order valence-corrected chi connectivity index (χ0v) is 48.8. The van der Waals surface area contributed by atoms with Gasteiger partial charge in [-0.2, -0.15) is 0 Å². The number of allylic oxidation sites excluding steroid dienone is 24. The summed E-state index contributed by atoms with van der Waals surface area (Å²) in [5.74, 6) is -1.13. The van der Waals surface area contributed by atoms with E-state index in [9.17, 15) is 19.2 Å². The van der Waals surface area contributed by atoms with Crippen LogP contribution in [-0.4, -0.2) is 23.1 Å². The third-order valence-corrected chi connectivity index (χ3v) is 15.1. The topological polar surface area (TPSA) is 68.3 Å². The highest BCUT2D eigenvalue weighted by Crippen LogP contribution is 2.39. The normalized spacial score (nSPS) is 19.1. The van der Waals surface area contributed by atoms with Crippen LogP contribution in [0, 0.1) is 23.7 Å². The Balaban J connectivity index is 0.000000281. The summed E-state index contributed by atoms with van der Waals surface area (Å²) < 4.78 is 0. The van der Waals surface area contributed by atoms with E-state index in [1.165, 1.54) is 44.6 Å². The highest BCUT2D eigenvalue weighted by molar-refractivity contribution is 6.18. The number of carbonyl (C=O) groups is 4. The lowest BCUT2D eigenvalue weighted by atomic mass is 9.70. The third-order valence-electron chi connectivity index (χ3n) is 15.1. The number of fused-ring (bicyclic) bond motifs is 4. The second-order valence-corrected chi connectivity index (χ2v) is 23.2. The van der Waals surface area contributed by atoms with Gasteiger partial charge in [-0.25, -0.2) is 0 Å². The second kappa shape index (κ2) is 30.7. The fraction of sp³-hybridized carbons (Fsp3) is 0.444. The fourth-order valence-electron chi connectivity index (χ4n) is 10.5. The van der Waals surface area contributed by atoms with Gasteiger partial charge in [-0.05, 0) is 209 Å². The Labute approximate surface area is 460 Å². The molecule has 0 N–H and O–H groups in total. The Morgan fingerprint density at radius 3 is 0.961 bits per heavy atom. The average molecular weight is 1020 g/mol. The molecule has 0 bridgehead atoms. The molecule has 0 fully saturated rings. The first kappa shape index (κ1) is 60.9. The zero-order valence-electron chi connectivity index (χ0n) is 48.8. The van der Waals surface area contributed by atoms with E-state index in [2.05, 4.69) is 156 Å². The molecule has 2 aromatic rings. The van der Waals surface area contributed by atoms with Gasteiger partial charge >= 0.3 is 0 Å². The fourth-order valence-corrected chi connectivity index (χ4v) is 10.5. The van der Waals surface area contributed by atoms with Crippen molar-refractivity contribution in [1.82, 2.24) is 0 Å². The van der Waals surface area contributed by atoms with Crippen molar-refractivity contribution >= 4 is 23.1 Å². The standard InChI is InChI=1S/2C36H46O2/c1-25(2)11-7-13-27(5)15-9-17-29-19-21-31-33(23-29)35(37)32-22-20-30(24-34(32)36(31)38)18-10-16-28(6)14-8-12-26(3)4;1-25(2)11-7-13-27(5)15-9-17-29-19-21-31-33(23-29)36(38)34-24-30(20-22-32(34)35(31)37)18-10-16-28(6)14-8-12-26(3)4/h2*11-12,15-16,19-24,31,33H,7-10,13-14,17-18H2,1-6H3/b2*27-15+,28-16+. The van der Waals surface area contributed by atoms with Crippen LogP contribution in [0.5, 0.6) is 0 Å². The van der Waals surface area contributed by atoms with Crippen molar-refractivity contribution in [3.63, 3.8) is 0 Å². The van der Waals surface area contributed by atoms with E-state index in [4.69, 9.17) is 0 Å². The van der Waals surface area contributed by atoms with Crippen LogP contribution in [0.1, 0.15) is 226 Å². The molecule has 4 aliphatic carbocycles. The summed E-state index contributed by atoms with van der Waals surface area (Å²) in [5, 5.41) is 0. The third kappa shape index (κ3) is 19.2. The largest absolute Gasteiger partial charge is 0.293 e. The van der Waals surface area contributed by atoms with Gasteiger partial charge in [-0.15, -0.1) is 0 Å². The number of hydrogen-bond acceptors (Lipinski definition) is 4. The lowest BCUT2D eigenvalue weighted by molar-refractivity contribution is 0.0800. The molecule has 0 aromatic heterocycles. The Morgan fingerprint density at radius 2 is 0.632 bits per heavy atom. The van der Waals surface area contributed by atoms with Gasteiger partial charge in [0.05, 0.1) is 23.7 Å². The summed E-state index contributed by atoms with van der Waals surface area (Å²) in [6, 6.07) is 11.8. The van der Waals surface area contributed by atoms with Gasteiger partial charge in [-0.1, -0.05) is 165 Å².